The summed E-state index contributed by atoms with van der Waals surface area (Å²) in [5, 5.41) is 17.3. The fourth-order valence-electron chi connectivity index (χ4n) is 3.18. The van der Waals surface area contributed by atoms with E-state index in [0.29, 0.717) is 18.7 Å². The molecule has 0 spiro atoms. The molecule has 0 aromatic carbocycles. The maximum atomic E-state index is 10.5. The van der Waals surface area contributed by atoms with Gasteiger partial charge in [-0.05, 0) is 45.8 Å². The van der Waals surface area contributed by atoms with Crippen molar-refractivity contribution in [3.63, 3.8) is 0 Å². The van der Waals surface area contributed by atoms with Crippen LogP contribution in [-0.4, -0.2) is 84.5 Å². The predicted molar refractivity (Wildman–Crippen MR) is 107 cm³/mol. The Bertz CT molecular complexity index is 406. The van der Waals surface area contributed by atoms with Gasteiger partial charge in [0.25, 0.3) is 0 Å². The van der Waals surface area contributed by atoms with E-state index in [2.05, 4.69) is 41.3 Å². The fourth-order valence-corrected chi connectivity index (χ4v) is 4.46. The molecule has 0 saturated carbocycles. The highest BCUT2D eigenvalue weighted by atomic mass is 32.2. The Morgan fingerprint density at radius 2 is 2.16 bits per heavy atom. The molecule has 2 rings (SSSR count). The topological polar surface area (TPSA) is 69.1 Å². The Kier molecular flexibility index (Phi) is 8.82. The molecule has 2 heterocycles. The molecule has 1 unspecified atom stereocenters. The van der Waals surface area contributed by atoms with E-state index in [1.807, 2.05) is 11.8 Å². The highest BCUT2D eigenvalue weighted by Crippen LogP contribution is 2.27. The number of nitrogens with one attached hydrogen (secondary N) is 2. The molecule has 1 atom stereocenters. The molecule has 0 radical (unpaired) electrons. The van der Waals surface area contributed by atoms with Crippen LogP contribution < -0.4 is 10.6 Å². The lowest BCUT2D eigenvalue weighted by Gasteiger charge is -2.33. The number of likely N-dealkylation sites (tertiary alicyclic amines) is 1. The highest BCUT2D eigenvalue weighted by Gasteiger charge is 2.31. The Hall–Kier alpha value is -0.500. The standard InChI is InChI=1S/C18H36N4O2S/c1-4-19-17(20-13-18(23)7-12-25-14-18)21-16-5-8-22(9-6-16)10-11-24-15(2)3/h15-16,23H,4-14H2,1-3H3,(H2,19,20,21). The molecule has 6 nitrogen and oxygen atoms in total. The van der Waals surface area contributed by atoms with Crippen LogP contribution in [0, 0.1) is 0 Å². The molecule has 7 heteroatoms. The number of thioether (sulfide) groups is 1. The van der Waals surface area contributed by atoms with Crippen molar-refractivity contribution in [3.05, 3.63) is 0 Å². The van der Waals surface area contributed by atoms with E-state index < -0.39 is 5.60 Å². The van der Waals surface area contributed by atoms with Crippen molar-refractivity contribution in [2.45, 2.75) is 57.8 Å². The first-order valence-corrected chi connectivity index (χ1v) is 10.8. The average Bonchev–Trinajstić information content (AvgIpc) is 3.01. The lowest BCUT2D eigenvalue weighted by Crippen LogP contribution is -2.49. The second kappa shape index (κ2) is 10.6. The van der Waals surface area contributed by atoms with Crippen molar-refractivity contribution in [2.24, 2.45) is 4.99 Å². The molecule has 0 amide bonds. The van der Waals surface area contributed by atoms with Crippen molar-refractivity contribution in [2.75, 3.05) is 50.8 Å². The van der Waals surface area contributed by atoms with Crippen LogP contribution >= 0.6 is 11.8 Å². The van der Waals surface area contributed by atoms with E-state index in [-0.39, 0.29) is 0 Å². The first-order valence-electron chi connectivity index (χ1n) is 9.70. The van der Waals surface area contributed by atoms with Gasteiger partial charge in [-0.2, -0.15) is 11.8 Å². The van der Waals surface area contributed by atoms with Gasteiger partial charge in [-0.3, -0.25) is 4.99 Å². The van der Waals surface area contributed by atoms with E-state index in [1.165, 1.54) is 0 Å². The van der Waals surface area contributed by atoms with Gasteiger partial charge < -0.3 is 25.4 Å². The molecule has 2 fully saturated rings. The van der Waals surface area contributed by atoms with Crippen LogP contribution in [0.3, 0.4) is 0 Å². The molecule has 0 aromatic heterocycles. The number of aliphatic imine (C=N–C) groups is 1. The van der Waals surface area contributed by atoms with Crippen molar-refractivity contribution >= 4 is 17.7 Å². The predicted octanol–water partition coefficient (Wildman–Crippen LogP) is 1.30. The second-order valence-corrected chi connectivity index (χ2v) is 8.51. The number of piperidine rings is 1. The fraction of sp³-hybridized carbons (Fsp3) is 0.944. The molecule has 0 aromatic rings. The summed E-state index contributed by atoms with van der Waals surface area (Å²) in [5.74, 6) is 2.68. The van der Waals surface area contributed by atoms with Crippen molar-refractivity contribution < 1.29 is 9.84 Å². The molecule has 2 saturated heterocycles. The van der Waals surface area contributed by atoms with Gasteiger partial charge in [0.1, 0.15) is 0 Å². The van der Waals surface area contributed by atoms with Gasteiger partial charge >= 0.3 is 0 Å². The molecule has 146 valence electrons. The summed E-state index contributed by atoms with van der Waals surface area (Å²) >= 11 is 1.81. The lowest BCUT2D eigenvalue weighted by molar-refractivity contribution is 0.0532. The number of ether oxygens (including phenoxy) is 1. The van der Waals surface area contributed by atoms with Gasteiger partial charge in [0.05, 0.1) is 24.9 Å². The summed E-state index contributed by atoms with van der Waals surface area (Å²) in [6, 6.07) is 0.452. The number of hydrogen-bond donors (Lipinski definition) is 3. The summed E-state index contributed by atoms with van der Waals surface area (Å²) in [6.07, 6.45) is 3.39. The minimum atomic E-state index is -0.618. The zero-order valence-electron chi connectivity index (χ0n) is 16.1. The summed E-state index contributed by atoms with van der Waals surface area (Å²) < 4.78 is 5.65. The van der Waals surface area contributed by atoms with E-state index in [4.69, 9.17) is 4.74 Å². The van der Waals surface area contributed by atoms with Gasteiger partial charge in [-0.1, -0.05) is 0 Å². The van der Waals surface area contributed by atoms with Crippen LogP contribution in [0.25, 0.3) is 0 Å². The minimum Gasteiger partial charge on any atom is -0.387 e. The molecule has 2 aliphatic heterocycles. The van der Waals surface area contributed by atoms with Crippen LogP contribution in [0.15, 0.2) is 4.99 Å². The van der Waals surface area contributed by atoms with E-state index in [0.717, 1.165) is 69.5 Å². The van der Waals surface area contributed by atoms with Crippen molar-refractivity contribution in [1.82, 2.24) is 15.5 Å². The highest BCUT2D eigenvalue weighted by molar-refractivity contribution is 7.99. The molecular weight excluding hydrogens is 336 g/mol. The molecule has 0 aliphatic carbocycles. The lowest BCUT2D eigenvalue weighted by atomic mass is 10.0. The molecule has 0 bridgehead atoms. The maximum Gasteiger partial charge on any atom is 0.191 e. The van der Waals surface area contributed by atoms with Crippen molar-refractivity contribution in [1.29, 1.82) is 0 Å². The van der Waals surface area contributed by atoms with E-state index in [1.54, 1.807) is 0 Å². The minimum absolute atomic E-state index is 0.311. The van der Waals surface area contributed by atoms with Gasteiger partial charge in [0.2, 0.25) is 0 Å². The quantitative estimate of drug-likeness (QED) is 0.441. The van der Waals surface area contributed by atoms with Gasteiger partial charge in [-0.15, -0.1) is 0 Å². The third-order valence-corrected chi connectivity index (χ3v) is 5.98. The first-order chi connectivity index (χ1) is 12.0. The zero-order chi connectivity index (χ0) is 18.1. The number of guanidine groups is 1. The molecule has 25 heavy (non-hydrogen) atoms. The number of hydrogen-bond acceptors (Lipinski definition) is 5. The Balaban J connectivity index is 1.73. The molecular formula is C18H36N4O2S. The second-order valence-electron chi connectivity index (χ2n) is 7.40. The third kappa shape index (κ3) is 7.72. The van der Waals surface area contributed by atoms with Gasteiger partial charge in [0.15, 0.2) is 5.96 Å². The SMILES string of the molecule is CCNC(=NCC1(O)CCSC1)NC1CCN(CCOC(C)C)CC1. The Morgan fingerprint density at radius 1 is 1.40 bits per heavy atom. The van der Waals surface area contributed by atoms with E-state index in [9.17, 15) is 5.11 Å². The van der Waals surface area contributed by atoms with Crippen LogP contribution in [0.2, 0.25) is 0 Å². The number of aliphatic hydroxyl groups is 1. The number of nitrogens with zero attached hydrogens (tertiary/aromatic N) is 2. The van der Waals surface area contributed by atoms with Crippen LogP contribution in [0.5, 0.6) is 0 Å². The first kappa shape index (κ1) is 20.8. The van der Waals surface area contributed by atoms with Crippen LogP contribution in [0.4, 0.5) is 0 Å². The van der Waals surface area contributed by atoms with Gasteiger partial charge in [0, 0.05) is 38.0 Å². The Labute approximate surface area is 157 Å². The summed E-state index contributed by atoms with van der Waals surface area (Å²) in [5.41, 5.74) is -0.618. The Morgan fingerprint density at radius 3 is 2.76 bits per heavy atom. The largest absolute Gasteiger partial charge is 0.387 e. The van der Waals surface area contributed by atoms with Crippen LogP contribution in [-0.2, 0) is 4.74 Å². The molecule has 2 aliphatic rings. The third-order valence-electron chi connectivity index (χ3n) is 4.75. The summed E-state index contributed by atoms with van der Waals surface area (Å²) in [6.45, 7) is 11.6. The normalized spacial score (nSPS) is 26.4. The maximum absolute atomic E-state index is 10.5. The zero-order valence-corrected chi connectivity index (χ0v) is 16.9. The molecule has 3 N–H and O–H groups in total. The number of rotatable bonds is 8. The summed E-state index contributed by atoms with van der Waals surface area (Å²) in [4.78, 5) is 7.12. The average molecular weight is 373 g/mol. The van der Waals surface area contributed by atoms with Crippen molar-refractivity contribution in [3.8, 4) is 0 Å². The van der Waals surface area contributed by atoms with Crippen LogP contribution in [0.1, 0.15) is 40.0 Å². The monoisotopic (exact) mass is 372 g/mol. The van der Waals surface area contributed by atoms with Gasteiger partial charge in [-0.25, -0.2) is 0 Å². The van der Waals surface area contributed by atoms with E-state index >= 15 is 0 Å². The summed E-state index contributed by atoms with van der Waals surface area (Å²) in [7, 11) is 0. The smallest absolute Gasteiger partial charge is 0.191 e.